The lowest BCUT2D eigenvalue weighted by molar-refractivity contribution is -0.119. The predicted molar refractivity (Wildman–Crippen MR) is 124 cm³/mol. The van der Waals surface area contributed by atoms with Gasteiger partial charge in [-0.1, -0.05) is 38.5 Å². The van der Waals surface area contributed by atoms with Crippen molar-refractivity contribution < 1.29 is 19.1 Å². The molecule has 7 heteroatoms. The molecule has 2 amide bonds. The van der Waals surface area contributed by atoms with Gasteiger partial charge in [0.05, 0.1) is 11.1 Å². The number of esters is 1. The molecule has 0 saturated heterocycles. The molecule has 2 N–H and O–H groups in total. The van der Waals surface area contributed by atoms with Crippen LogP contribution in [0.2, 0.25) is 0 Å². The fraction of sp³-hybridized carbons (Fsp3) is 0.280. The van der Waals surface area contributed by atoms with Gasteiger partial charge in [-0.05, 0) is 48.7 Å². The molecule has 166 valence electrons. The maximum atomic E-state index is 13.0. The molecule has 2 aromatic carbocycles. The minimum absolute atomic E-state index is 0.212. The van der Waals surface area contributed by atoms with Crippen molar-refractivity contribution in [2.75, 3.05) is 19.0 Å². The fourth-order valence-electron chi connectivity index (χ4n) is 3.61. The average molecular weight is 434 g/mol. The molecule has 1 heterocycles. The van der Waals surface area contributed by atoms with Gasteiger partial charge in [-0.25, -0.2) is 4.79 Å². The van der Waals surface area contributed by atoms with Crippen molar-refractivity contribution >= 4 is 34.4 Å². The van der Waals surface area contributed by atoms with E-state index in [0.717, 1.165) is 35.0 Å². The molecule has 3 aromatic rings. The van der Waals surface area contributed by atoms with Crippen molar-refractivity contribution in [2.45, 2.75) is 33.1 Å². The highest BCUT2D eigenvalue weighted by atomic mass is 16.5. The van der Waals surface area contributed by atoms with E-state index >= 15 is 0 Å². The standard InChI is InChI=1S/C25H27N3O4/c1-4-8-20-18(5-2)23(19-9-6-7-10-21(19)28-20)25(31)32-15-22(29)27-17-13-11-16(12-14-17)24(30)26-3/h6-7,9-14H,4-5,8,15H2,1-3H3,(H,26,30)(H,27,29). The van der Waals surface area contributed by atoms with Gasteiger partial charge in [-0.3, -0.25) is 14.6 Å². The Morgan fingerprint density at radius 2 is 1.72 bits per heavy atom. The summed E-state index contributed by atoms with van der Waals surface area (Å²) >= 11 is 0. The van der Waals surface area contributed by atoms with Gasteiger partial charge in [0.2, 0.25) is 0 Å². The van der Waals surface area contributed by atoms with Crippen molar-refractivity contribution in [3.8, 4) is 0 Å². The monoisotopic (exact) mass is 433 g/mol. The number of nitrogens with one attached hydrogen (secondary N) is 2. The summed E-state index contributed by atoms with van der Waals surface area (Å²) < 4.78 is 5.38. The number of hydrogen-bond donors (Lipinski definition) is 2. The van der Waals surface area contributed by atoms with E-state index in [1.54, 1.807) is 31.3 Å². The minimum atomic E-state index is -0.539. The van der Waals surface area contributed by atoms with Gasteiger partial charge >= 0.3 is 5.97 Å². The number of aromatic nitrogens is 1. The first kappa shape index (κ1) is 22.9. The number of hydrogen-bond acceptors (Lipinski definition) is 5. The van der Waals surface area contributed by atoms with Crippen LogP contribution in [0.3, 0.4) is 0 Å². The lowest BCUT2D eigenvalue weighted by atomic mass is 9.96. The van der Waals surface area contributed by atoms with Gasteiger partial charge in [0.1, 0.15) is 0 Å². The number of fused-ring (bicyclic) bond motifs is 1. The molecule has 7 nitrogen and oxygen atoms in total. The van der Waals surface area contributed by atoms with Crippen LogP contribution in [0.25, 0.3) is 10.9 Å². The first-order valence-corrected chi connectivity index (χ1v) is 10.7. The molecule has 1 aromatic heterocycles. The van der Waals surface area contributed by atoms with Crippen LogP contribution >= 0.6 is 0 Å². The van der Waals surface area contributed by atoms with Crippen LogP contribution in [0.4, 0.5) is 5.69 Å². The smallest absolute Gasteiger partial charge is 0.339 e. The molecule has 0 spiro atoms. The fourth-order valence-corrected chi connectivity index (χ4v) is 3.61. The molecule has 0 aliphatic heterocycles. The zero-order valence-corrected chi connectivity index (χ0v) is 18.5. The molecule has 0 saturated carbocycles. The zero-order valence-electron chi connectivity index (χ0n) is 18.5. The first-order valence-electron chi connectivity index (χ1n) is 10.7. The van der Waals surface area contributed by atoms with Gasteiger partial charge in [-0.15, -0.1) is 0 Å². The molecule has 32 heavy (non-hydrogen) atoms. The molecule has 0 radical (unpaired) electrons. The van der Waals surface area contributed by atoms with E-state index in [2.05, 4.69) is 17.6 Å². The summed E-state index contributed by atoms with van der Waals surface area (Å²) in [6, 6.07) is 13.9. The van der Waals surface area contributed by atoms with Gasteiger partial charge in [-0.2, -0.15) is 0 Å². The molecular weight excluding hydrogens is 406 g/mol. The highest BCUT2D eigenvalue weighted by Crippen LogP contribution is 2.26. The molecule has 0 unspecified atom stereocenters. The highest BCUT2D eigenvalue weighted by molar-refractivity contribution is 6.06. The third kappa shape index (κ3) is 5.11. The van der Waals surface area contributed by atoms with Crippen molar-refractivity contribution in [3.05, 3.63) is 70.9 Å². The Bertz CT molecular complexity index is 1140. The summed E-state index contributed by atoms with van der Waals surface area (Å²) in [6.07, 6.45) is 2.32. The van der Waals surface area contributed by atoms with E-state index in [9.17, 15) is 14.4 Å². The second-order valence-corrected chi connectivity index (χ2v) is 7.31. The summed E-state index contributed by atoms with van der Waals surface area (Å²) in [5, 5.41) is 5.93. The number of carbonyl (C=O) groups is 3. The normalized spacial score (nSPS) is 10.6. The number of benzene rings is 2. The van der Waals surface area contributed by atoms with E-state index in [1.165, 1.54) is 0 Å². The van der Waals surface area contributed by atoms with E-state index in [1.807, 2.05) is 31.2 Å². The molecule has 0 atom stereocenters. The van der Waals surface area contributed by atoms with Crippen LogP contribution in [0.5, 0.6) is 0 Å². The summed E-state index contributed by atoms with van der Waals surface area (Å²) in [6.45, 7) is 3.63. The maximum Gasteiger partial charge on any atom is 0.339 e. The number of carbonyl (C=O) groups excluding carboxylic acids is 3. The van der Waals surface area contributed by atoms with E-state index < -0.39 is 18.5 Å². The van der Waals surface area contributed by atoms with Crippen molar-refractivity contribution in [2.24, 2.45) is 0 Å². The Labute approximate surface area is 187 Å². The number of anilines is 1. The average Bonchev–Trinajstić information content (AvgIpc) is 2.81. The predicted octanol–water partition coefficient (Wildman–Crippen LogP) is 3.90. The second kappa shape index (κ2) is 10.5. The molecule has 0 aliphatic carbocycles. The minimum Gasteiger partial charge on any atom is -0.452 e. The molecule has 0 fully saturated rings. The van der Waals surface area contributed by atoms with Crippen molar-refractivity contribution in [1.29, 1.82) is 0 Å². The van der Waals surface area contributed by atoms with Gasteiger partial charge in [0, 0.05) is 29.4 Å². The summed E-state index contributed by atoms with van der Waals surface area (Å²) in [5.41, 5.74) is 3.95. The molecular formula is C25H27N3O4. The lowest BCUT2D eigenvalue weighted by Crippen LogP contribution is -2.22. The van der Waals surface area contributed by atoms with Gasteiger partial charge in [0.15, 0.2) is 6.61 Å². The van der Waals surface area contributed by atoms with Crippen LogP contribution in [0, 0.1) is 0 Å². The number of aryl methyl sites for hydroxylation is 1. The number of ether oxygens (including phenoxy) is 1. The van der Waals surface area contributed by atoms with Crippen LogP contribution in [-0.4, -0.2) is 36.4 Å². The summed E-state index contributed by atoms with van der Waals surface area (Å²) in [4.78, 5) is 41.7. The van der Waals surface area contributed by atoms with Gasteiger partial charge < -0.3 is 15.4 Å². The molecule has 3 rings (SSSR count). The van der Waals surface area contributed by atoms with Gasteiger partial charge in [0.25, 0.3) is 11.8 Å². The highest BCUT2D eigenvalue weighted by Gasteiger charge is 2.21. The van der Waals surface area contributed by atoms with Crippen molar-refractivity contribution in [1.82, 2.24) is 10.3 Å². The van der Waals surface area contributed by atoms with Crippen LogP contribution in [0.1, 0.15) is 52.2 Å². The van der Waals surface area contributed by atoms with Crippen molar-refractivity contribution in [3.63, 3.8) is 0 Å². The Kier molecular flexibility index (Phi) is 7.54. The SMILES string of the molecule is CCCc1nc2ccccc2c(C(=O)OCC(=O)Nc2ccc(C(=O)NC)cc2)c1CC. The third-order valence-corrected chi connectivity index (χ3v) is 5.12. The largest absolute Gasteiger partial charge is 0.452 e. The number of rotatable bonds is 8. The maximum absolute atomic E-state index is 13.0. The Morgan fingerprint density at radius 1 is 1.00 bits per heavy atom. The van der Waals surface area contributed by atoms with E-state index in [-0.39, 0.29) is 5.91 Å². The number of amides is 2. The van der Waals surface area contributed by atoms with E-state index in [0.29, 0.717) is 23.2 Å². The second-order valence-electron chi connectivity index (χ2n) is 7.31. The number of pyridine rings is 1. The number of nitrogens with zero attached hydrogens (tertiary/aromatic N) is 1. The Balaban J connectivity index is 1.75. The van der Waals surface area contributed by atoms with Crippen LogP contribution < -0.4 is 10.6 Å². The lowest BCUT2D eigenvalue weighted by Gasteiger charge is -2.15. The summed E-state index contributed by atoms with van der Waals surface area (Å²) in [5.74, 6) is -1.21. The molecule has 0 bridgehead atoms. The van der Waals surface area contributed by atoms with Crippen LogP contribution in [-0.2, 0) is 22.4 Å². The molecule has 0 aliphatic rings. The van der Waals surface area contributed by atoms with Crippen LogP contribution in [0.15, 0.2) is 48.5 Å². The number of para-hydroxylation sites is 1. The van der Waals surface area contributed by atoms with E-state index in [4.69, 9.17) is 9.72 Å². The quantitative estimate of drug-likeness (QED) is 0.525. The summed E-state index contributed by atoms with van der Waals surface area (Å²) in [7, 11) is 1.55. The first-order chi connectivity index (χ1) is 15.5. The Morgan fingerprint density at radius 3 is 2.38 bits per heavy atom. The topological polar surface area (TPSA) is 97.4 Å². The third-order valence-electron chi connectivity index (χ3n) is 5.12. The Hall–Kier alpha value is -3.74. The zero-order chi connectivity index (χ0) is 23.1.